The number of nitrogens with one attached hydrogen (secondary N) is 7. The molecule has 0 aliphatic rings. The van der Waals surface area contributed by atoms with Crippen LogP contribution >= 0.6 is 0 Å². The van der Waals surface area contributed by atoms with Gasteiger partial charge in [-0.15, -0.1) is 0 Å². The van der Waals surface area contributed by atoms with Crippen molar-refractivity contribution < 1.29 is 29.0 Å². The highest BCUT2D eigenvalue weighted by Gasteiger charge is 2.31. The van der Waals surface area contributed by atoms with E-state index >= 15 is 0 Å². The highest BCUT2D eigenvalue weighted by atomic mass is 16.2. The Morgan fingerprint density at radius 1 is 0.767 bits per heavy atom. The summed E-state index contributed by atoms with van der Waals surface area (Å²) in [6.07, 6.45) is 5.66. The quantitative estimate of drug-likeness (QED) is 0.138. The van der Waals surface area contributed by atoms with Gasteiger partial charge < -0.3 is 31.9 Å². The summed E-state index contributed by atoms with van der Waals surface area (Å²) in [5, 5.41) is 17.3. The van der Waals surface area contributed by atoms with Gasteiger partial charge in [0.15, 0.2) is 12.4 Å². The number of H-pyrrole nitrogens is 1. The van der Waals surface area contributed by atoms with Gasteiger partial charge in [-0.1, -0.05) is 47.5 Å². The van der Waals surface area contributed by atoms with E-state index in [1.54, 1.807) is 38.4 Å². The Balaban J connectivity index is 2.91. The van der Waals surface area contributed by atoms with Crippen molar-refractivity contribution in [2.75, 3.05) is 13.1 Å². The molecule has 1 rings (SSSR count). The zero-order chi connectivity index (χ0) is 32.5. The molecule has 1 aromatic heterocycles. The van der Waals surface area contributed by atoms with Gasteiger partial charge in [0.2, 0.25) is 23.6 Å². The molecule has 242 valence electrons. The second kappa shape index (κ2) is 19.6. The van der Waals surface area contributed by atoms with Crippen LogP contribution in [0, 0.1) is 11.8 Å². The number of likely N-dealkylation sites (N-methyl/N-ethyl adjacent to an activating group) is 1. The van der Waals surface area contributed by atoms with Gasteiger partial charge in [0, 0.05) is 31.3 Å². The lowest BCUT2D eigenvalue weighted by molar-refractivity contribution is -0.378. The lowest BCUT2D eigenvalue weighted by atomic mass is 9.97. The summed E-state index contributed by atoms with van der Waals surface area (Å²) < 4.78 is 0. The molecule has 6 atom stereocenters. The summed E-state index contributed by atoms with van der Waals surface area (Å²) >= 11 is 0. The smallest absolute Gasteiger partial charge is 0.252 e. The van der Waals surface area contributed by atoms with Gasteiger partial charge in [-0.3, -0.25) is 24.0 Å². The molecule has 0 saturated heterocycles. The predicted molar refractivity (Wildman–Crippen MR) is 166 cm³/mol. The fourth-order valence-electron chi connectivity index (χ4n) is 4.49. The molecule has 0 saturated carbocycles. The maximum atomic E-state index is 13.5. The third kappa shape index (κ3) is 13.5. The van der Waals surface area contributed by atoms with Crippen molar-refractivity contribution in [1.29, 1.82) is 0 Å². The van der Waals surface area contributed by atoms with Crippen molar-refractivity contribution in [3.63, 3.8) is 0 Å². The molecule has 7 N–H and O–H groups in total. The van der Waals surface area contributed by atoms with E-state index in [2.05, 4.69) is 36.9 Å². The summed E-state index contributed by atoms with van der Waals surface area (Å²) in [6.45, 7) is 15.8. The molecule has 43 heavy (non-hydrogen) atoms. The van der Waals surface area contributed by atoms with Gasteiger partial charge >= 0.3 is 0 Å². The molecule has 5 amide bonds. The molecular weight excluding hydrogens is 550 g/mol. The molecule has 0 bridgehead atoms. The van der Waals surface area contributed by atoms with Crippen molar-refractivity contribution in [1.82, 2.24) is 31.9 Å². The summed E-state index contributed by atoms with van der Waals surface area (Å²) in [5.41, 5.74) is 0.424. The minimum absolute atomic E-state index is 0.161. The zero-order valence-corrected chi connectivity index (χ0v) is 27.1. The number of pyridine rings is 1. The maximum absolute atomic E-state index is 13.5. The first-order valence-electron chi connectivity index (χ1n) is 15.5. The van der Waals surface area contributed by atoms with E-state index < -0.39 is 30.1 Å². The Hall–Kier alpha value is -3.54. The molecule has 12 nitrogen and oxygen atoms in total. The fourth-order valence-corrected chi connectivity index (χ4v) is 4.49. The number of hydrogen-bond donors (Lipinski definition) is 6. The summed E-state index contributed by atoms with van der Waals surface area (Å²) in [7, 11) is 0. The van der Waals surface area contributed by atoms with Crippen molar-refractivity contribution in [3.8, 4) is 0 Å². The topological polar surface area (TPSA) is 172 Å². The third-order valence-corrected chi connectivity index (χ3v) is 7.24. The minimum atomic E-state index is -0.817. The molecule has 0 fully saturated rings. The molecule has 0 aromatic carbocycles. The van der Waals surface area contributed by atoms with Crippen LogP contribution in [-0.2, 0) is 19.2 Å². The Morgan fingerprint density at radius 2 is 1.42 bits per heavy atom. The first kappa shape index (κ1) is 37.5. The lowest BCUT2D eigenvalue weighted by Gasteiger charge is -2.28. The third-order valence-electron chi connectivity index (χ3n) is 7.24. The fraction of sp³-hybridized carbons (Fsp3) is 0.677. The summed E-state index contributed by atoms with van der Waals surface area (Å²) in [4.78, 5) is 67.2. The monoisotopic (exact) mass is 604 g/mol. The van der Waals surface area contributed by atoms with Crippen LogP contribution in [0.4, 0.5) is 0 Å². The van der Waals surface area contributed by atoms with E-state index in [0.29, 0.717) is 44.3 Å². The number of carbonyl (C=O) groups excluding carboxylic acids is 5. The molecule has 0 radical (unpaired) electrons. The zero-order valence-electron chi connectivity index (χ0n) is 27.1. The standard InChI is InChI=1S/C31H53N7O5/c1-9-12-25(37-31(43)26(20(6)10-2)38-29(41)23-13-15-32-16-14-23)30(42)36-24(17-19(4)5)18-34-21(7)28(40)35-22(8)27(39)33-11-3/h13-16,19-22,24-26,34H,9-12,17-18H2,1-8H3,(H,33,39)(H,35,40)(H,36,42)(H,37,43)(H,38,41)/p+1/t20?,21-,22?,24?,25-,26?/m0/s1. The molecule has 12 heteroatoms. The van der Waals surface area contributed by atoms with Crippen molar-refractivity contribution in [3.05, 3.63) is 30.1 Å². The normalized spacial score (nSPS) is 15.3. The van der Waals surface area contributed by atoms with Crippen LogP contribution in [0.25, 0.3) is 0 Å². The SMILES string of the molecule is CCC[C@H](NC(=O)C(NC(=O)c1cc[nH+]cc1)C(C)CC)C(=O)NC(CN[C@@H](C)C(=O)NC(C)C(=O)NCC)CC(C)C. The highest BCUT2D eigenvalue weighted by molar-refractivity contribution is 5.98. The summed E-state index contributed by atoms with van der Waals surface area (Å²) in [6, 6.07) is 0.0774. The van der Waals surface area contributed by atoms with Gasteiger partial charge in [0.1, 0.15) is 18.1 Å². The van der Waals surface area contributed by atoms with Crippen LogP contribution in [0.3, 0.4) is 0 Å². The van der Waals surface area contributed by atoms with Crippen LogP contribution in [0.1, 0.15) is 91.4 Å². The maximum Gasteiger partial charge on any atom is 0.252 e. The lowest BCUT2D eigenvalue weighted by Crippen LogP contribution is -2.58. The van der Waals surface area contributed by atoms with E-state index in [1.165, 1.54) is 0 Å². The number of aromatic nitrogens is 1. The highest BCUT2D eigenvalue weighted by Crippen LogP contribution is 2.11. The van der Waals surface area contributed by atoms with E-state index in [1.807, 2.05) is 41.5 Å². The van der Waals surface area contributed by atoms with Crippen molar-refractivity contribution in [2.45, 2.75) is 111 Å². The van der Waals surface area contributed by atoms with E-state index in [-0.39, 0.29) is 41.5 Å². The van der Waals surface area contributed by atoms with Crippen LogP contribution < -0.4 is 36.9 Å². The van der Waals surface area contributed by atoms with Crippen molar-refractivity contribution in [2.24, 2.45) is 11.8 Å². The van der Waals surface area contributed by atoms with Crippen LogP contribution in [-0.4, -0.2) is 72.8 Å². The number of aromatic amines is 1. The Labute approximate surface area is 256 Å². The Morgan fingerprint density at radius 3 is 1.98 bits per heavy atom. The average Bonchev–Trinajstić information content (AvgIpc) is 2.97. The molecular formula is C31H54N7O5+. The largest absolute Gasteiger partial charge is 0.355 e. The minimum Gasteiger partial charge on any atom is -0.355 e. The molecule has 1 aromatic rings. The van der Waals surface area contributed by atoms with Crippen LogP contribution in [0.15, 0.2) is 24.5 Å². The second-order valence-electron chi connectivity index (χ2n) is 11.6. The second-order valence-corrected chi connectivity index (χ2v) is 11.6. The number of carbonyl (C=O) groups is 5. The van der Waals surface area contributed by atoms with Crippen LogP contribution in [0.2, 0.25) is 0 Å². The van der Waals surface area contributed by atoms with E-state index in [9.17, 15) is 24.0 Å². The van der Waals surface area contributed by atoms with E-state index in [0.717, 1.165) is 0 Å². The predicted octanol–water partition coefficient (Wildman–Crippen LogP) is 1.08. The Kier molecular flexibility index (Phi) is 17.1. The van der Waals surface area contributed by atoms with E-state index in [4.69, 9.17) is 0 Å². The van der Waals surface area contributed by atoms with Gasteiger partial charge in [-0.2, -0.15) is 0 Å². The van der Waals surface area contributed by atoms with Gasteiger partial charge in [-0.05, 0) is 45.4 Å². The average molecular weight is 605 g/mol. The first-order chi connectivity index (χ1) is 20.3. The molecule has 0 aliphatic carbocycles. The number of rotatable bonds is 19. The van der Waals surface area contributed by atoms with Gasteiger partial charge in [0.25, 0.3) is 5.91 Å². The first-order valence-corrected chi connectivity index (χ1v) is 15.5. The Bertz CT molecular complexity index is 1040. The van der Waals surface area contributed by atoms with Gasteiger partial charge in [0.05, 0.1) is 11.6 Å². The van der Waals surface area contributed by atoms with Crippen LogP contribution in [0.5, 0.6) is 0 Å². The molecule has 1 heterocycles. The van der Waals surface area contributed by atoms with Gasteiger partial charge in [-0.25, -0.2) is 4.98 Å². The molecule has 4 unspecified atom stereocenters. The summed E-state index contributed by atoms with van der Waals surface area (Å²) in [5.74, 6) is -1.59. The molecule has 0 aliphatic heterocycles. The molecule has 0 spiro atoms. The number of hydrogen-bond acceptors (Lipinski definition) is 6. The number of amides is 5. The van der Waals surface area contributed by atoms with Crippen molar-refractivity contribution >= 4 is 29.5 Å².